The summed E-state index contributed by atoms with van der Waals surface area (Å²) in [7, 11) is 0. The molecule has 3 rings (SSSR count). The lowest BCUT2D eigenvalue weighted by Gasteiger charge is -2.20. The minimum atomic E-state index is 0.0997. The average molecular weight is 316 g/mol. The SMILES string of the molecule is CCN(Cc1ccc(N)cc1)C(=O)c1cc2sccc2s1. The Labute approximate surface area is 131 Å². The van der Waals surface area contributed by atoms with Crippen LogP contribution in [0.1, 0.15) is 22.2 Å². The van der Waals surface area contributed by atoms with Crippen molar-refractivity contribution in [3.8, 4) is 0 Å². The van der Waals surface area contributed by atoms with E-state index in [1.54, 1.807) is 22.7 Å². The fourth-order valence-electron chi connectivity index (χ4n) is 2.20. The number of carbonyl (C=O) groups excluding carboxylic acids is 1. The molecule has 1 aromatic carbocycles. The molecule has 5 heteroatoms. The Balaban J connectivity index is 1.80. The van der Waals surface area contributed by atoms with E-state index in [1.807, 2.05) is 42.2 Å². The summed E-state index contributed by atoms with van der Waals surface area (Å²) >= 11 is 3.24. The number of fused-ring (bicyclic) bond motifs is 1. The summed E-state index contributed by atoms with van der Waals surface area (Å²) in [5, 5.41) is 2.06. The molecule has 0 saturated carbocycles. The van der Waals surface area contributed by atoms with Gasteiger partial charge in [0.25, 0.3) is 5.91 Å². The molecule has 0 aliphatic heterocycles. The van der Waals surface area contributed by atoms with E-state index in [2.05, 4.69) is 11.4 Å². The van der Waals surface area contributed by atoms with Gasteiger partial charge in [-0.1, -0.05) is 12.1 Å². The molecule has 0 radical (unpaired) electrons. The van der Waals surface area contributed by atoms with Gasteiger partial charge >= 0.3 is 0 Å². The molecule has 0 unspecified atom stereocenters. The highest BCUT2D eigenvalue weighted by Crippen LogP contribution is 2.30. The van der Waals surface area contributed by atoms with E-state index < -0.39 is 0 Å². The summed E-state index contributed by atoms with van der Waals surface area (Å²) in [6.45, 7) is 3.31. The van der Waals surface area contributed by atoms with E-state index in [-0.39, 0.29) is 5.91 Å². The molecule has 2 heterocycles. The Morgan fingerprint density at radius 1 is 1.19 bits per heavy atom. The van der Waals surface area contributed by atoms with Crippen molar-refractivity contribution in [2.45, 2.75) is 13.5 Å². The van der Waals surface area contributed by atoms with Crippen LogP contribution < -0.4 is 5.73 Å². The van der Waals surface area contributed by atoms with Crippen LogP contribution in [0, 0.1) is 0 Å². The predicted molar refractivity (Wildman–Crippen MR) is 91.0 cm³/mol. The van der Waals surface area contributed by atoms with Gasteiger partial charge in [0.1, 0.15) is 0 Å². The fourth-order valence-corrected chi connectivity index (χ4v) is 4.27. The third-order valence-corrected chi connectivity index (χ3v) is 5.45. The summed E-state index contributed by atoms with van der Waals surface area (Å²) in [6, 6.07) is 11.7. The predicted octanol–water partition coefficient (Wildman–Crippen LogP) is 4.21. The summed E-state index contributed by atoms with van der Waals surface area (Å²) < 4.78 is 2.37. The van der Waals surface area contributed by atoms with Gasteiger partial charge in [0, 0.05) is 28.2 Å². The van der Waals surface area contributed by atoms with Gasteiger partial charge in [-0.25, -0.2) is 0 Å². The first-order valence-electron chi connectivity index (χ1n) is 6.78. The van der Waals surface area contributed by atoms with Gasteiger partial charge in [-0.3, -0.25) is 4.79 Å². The lowest BCUT2D eigenvalue weighted by molar-refractivity contribution is 0.0757. The number of benzene rings is 1. The molecule has 0 atom stereocenters. The average Bonchev–Trinajstić information content (AvgIpc) is 3.07. The second-order valence-corrected chi connectivity index (χ2v) is 6.85. The maximum Gasteiger partial charge on any atom is 0.264 e. The van der Waals surface area contributed by atoms with Gasteiger partial charge in [0.2, 0.25) is 0 Å². The van der Waals surface area contributed by atoms with Gasteiger partial charge in [-0.2, -0.15) is 0 Å². The zero-order chi connectivity index (χ0) is 14.8. The highest BCUT2D eigenvalue weighted by molar-refractivity contribution is 7.27. The zero-order valence-electron chi connectivity index (χ0n) is 11.7. The molecule has 0 spiro atoms. The number of amides is 1. The van der Waals surface area contributed by atoms with Crippen LogP contribution in [0.15, 0.2) is 41.8 Å². The van der Waals surface area contributed by atoms with Crippen LogP contribution in [0.5, 0.6) is 0 Å². The van der Waals surface area contributed by atoms with Crippen LogP contribution >= 0.6 is 22.7 Å². The van der Waals surface area contributed by atoms with Crippen molar-refractivity contribution in [1.82, 2.24) is 4.90 Å². The quantitative estimate of drug-likeness (QED) is 0.733. The first-order chi connectivity index (χ1) is 10.2. The van der Waals surface area contributed by atoms with Gasteiger partial charge in [0.05, 0.1) is 4.88 Å². The molecule has 3 nitrogen and oxygen atoms in total. The van der Waals surface area contributed by atoms with E-state index in [0.717, 1.165) is 16.1 Å². The highest BCUT2D eigenvalue weighted by atomic mass is 32.1. The van der Waals surface area contributed by atoms with Crippen molar-refractivity contribution in [2.75, 3.05) is 12.3 Å². The second-order valence-electron chi connectivity index (χ2n) is 4.82. The summed E-state index contributed by atoms with van der Waals surface area (Å²) in [5.41, 5.74) is 7.53. The van der Waals surface area contributed by atoms with Crippen molar-refractivity contribution in [3.63, 3.8) is 0 Å². The van der Waals surface area contributed by atoms with Crippen LogP contribution in [0.25, 0.3) is 9.40 Å². The molecule has 21 heavy (non-hydrogen) atoms. The molecular formula is C16H16N2OS2. The highest BCUT2D eigenvalue weighted by Gasteiger charge is 2.17. The molecule has 0 bridgehead atoms. The van der Waals surface area contributed by atoms with E-state index in [4.69, 9.17) is 5.73 Å². The van der Waals surface area contributed by atoms with Gasteiger partial charge in [-0.05, 0) is 42.1 Å². The summed E-state index contributed by atoms with van der Waals surface area (Å²) in [5.74, 6) is 0.0997. The van der Waals surface area contributed by atoms with Crippen LogP contribution in [0.4, 0.5) is 5.69 Å². The topological polar surface area (TPSA) is 46.3 Å². The maximum absolute atomic E-state index is 12.6. The molecular weight excluding hydrogens is 300 g/mol. The molecule has 0 fully saturated rings. The Hall–Kier alpha value is -1.85. The first kappa shape index (κ1) is 14.1. The van der Waals surface area contributed by atoms with Crippen LogP contribution in [0.2, 0.25) is 0 Å². The minimum absolute atomic E-state index is 0.0997. The number of nitrogens with zero attached hydrogens (tertiary/aromatic N) is 1. The van der Waals surface area contributed by atoms with Gasteiger partial charge in [-0.15, -0.1) is 22.7 Å². The van der Waals surface area contributed by atoms with E-state index in [9.17, 15) is 4.79 Å². The molecule has 108 valence electrons. The third kappa shape index (κ3) is 2.94. The van der Waals surface area contributed by atoms with Crippen molar-refractivity contribution in [1.29, 1.82) is 0 Å². The smallest absolute Gasteiger partial charge is 0.264 e. The van der Waals surface area contributed by atoms with Crippen LogP contribution in [-0.4, -0.2) is 17.4 Å². The number of thiophene rings is 2. The van der Waals surface area contributed by atoms with E-state index >= 15 is 0 Å². The number of nitrogens with two attached hydrogens (primary N) is 1. The van der Waals surface area contributed by atoms with Crippen LogP contribution in [0.3, 0.4) is 0 Å². The van der Waals surface area contributed by atoms with Crippen LogP contribution in [-0.2, 0) is 6.54 Å². The number of nitrogen functional groups attached to an aromatic ring is 1. The number of carbonyl (C=O) groups is 1. The van der Waals surface area contributed by atoms with Crippen molar-refractivity contribution >= 4 is 43.7 Å². The third-order valence-electron chi connectivity index (χ3n) is 3.37. The molecule has 0 saturated heterocycles. The minimum Gasteiger partial charge on any atom is -0.399 e. The van der Waals surface area contributed by atoms with E-state index in [0.29, 0.717) is 13.1 Å². The lowest BCUT2D eigenvalue weighted by Crippen LogP contribution is -2.29. The van der Waals surface area contributed by atoms with Crippen molar-refractivity contribution in [3.05, 3.63) is 52.2 Å². The van der Waals surface area contributed by atoms with Gasteiger partial charge < -0.3 is 10.6 Å². The number of rotatable bonds is 4. The summed E-state index contributed by atoms with van der Waals surface area (Å²) in [6.07, 6.45) is 0. The van der Waals surface area contributed by atoms with Crippen molar-refractivity contribution in [2.24, 2.45) is 0 Å². The number of hydrogen-bond acceptors (Lipinski definition) is 4. The molecule has 0 aliphatic rings. The number of hydrogen-bond donors (Lipinski definition) is 1. The first-order valence-corrected chi connectivity index (χ1v) is 8.47. The van der Waals surface area contributed by atoms with Gasteiger partial charge in [0.15, 0.2) is 0 Å². The maximum atomic E-state index is 12.6. The Bertz CT molecular complexity index is 730. The molecule has 2 aromatic heterocycles. The fraction of sp³-hybridized carbons (Fsp3) is 0.188. The zero-order valence-corrected chi connectivity index (χ0v) is 13.3. The van der Waals surface area contributed by atoms with Crippen molar-refractivity contribution < 1.29 is 4.79 Å². The Morgan fingerprint density at radius 3 is 2.62 bits per heavy atom. The standard InChI is InChI=1S/C16H16N2OS2/c1-2-18(10-11-3-5-12(17)6-4-11)16(19)15-9-14-13(21-15)7-8-20-14/h3-9H,2,10,17H2,1H3. The molecule has 2 N–H and O–H groups in total. The normalized spacial score (nSPS) is 10.9. The number of anilines is 1. The largest absolute Gasteiger partial charge is 0.399 e. The lowest BCUT2D eigenvalue weighted by atomic mass is 10.2. The summed E-state index contributed by atoms with van der Waals surface area (Å²) in [4.78, 5) is 15.3. The second kappa shape index (κ2) is 5.87. The van der Waals surface area contributed by atoms with E-state index in [1.165, 1.54) is 9.40 Å². The Kier molecular flexibility index (Phi) is 3.94. The molecule has 1 amide bonds. The monoisotopic (exact) mass is 316 g/mol. The Morgan fingerprint density at radius 2 is 1.95 bits per heavy atom. The molecule has 0 aliphatic carbocycles. The molecule has 3 aromatic rings.